The highest BCUT2D eigenvalue weighted by atomic mass is 16.5. The number of ether oxygens (including phenoxy) is 2. The van der Waals surface area contributed by atoms with Crippen molar-refractivity contribution < 1.29 is 9.47 Å². The van der Waals surface area contributed by atoms with Crippen LogP contribution in [0.5, 0.6) is 5.75 Å². The average molecular weight is 379 g/mol. The van der Waals surface area contributed by atoms with E-state index in [0.717, 1.165) is 44.1 Å². The number of rotatable bonds is 5. The van der Waals surface area contributed by atoms with E-state index in [-0.39, 0.29) is 0 Å². The molecule has 0 bridgehead atoms. The first kappa shape index (κ1) is 18.0. The van der Waals surface area contributed by atoms with E-state index < -0.39 is 0 Å². The van der Waals surface area contributed by atoms with Crippen LogP contribution in [0.1, 0.15) is 32.1 Å². The number of hydrogen-bond donors (Lipinski definition) is 1. The zero-order valence-electron chi connectivity index (χ0n) is 16.6. The van der Waals surface area contributed by atoms with Gasteiger partial charge in [0.25, 0.3) is 0 Å². The van der Waals surface area contributed by atoms with E-state index in [0.29, 0.717) is 5.41 Å². The lowest BCUT2D eigenvalue weighted by Crippen LogP contribution is -2.46. The van der Waals surface area contributed by atoms with Crippen LogP contribution in [-0.2, 0) is 4.74 Å². The van der Waals surface area contributed by atoms with Gasteiger partial charge in [0.05, 0.1) is 19.8 Å². The van der Waals surface area contributed by atoms with Gasteiger partial charge in [0.2, 0.25) is 0 Å². The fourth-order valence-corrected chi connectivity index (χ4v) is 5.20. The molecule has 28 heavy (non-hydrogen) atoms. The van der Waals surface area contributed by atoms with Crippen molar-refractivity contribution in [3.63, 3.8) is 0 Å². The van der Waals surface area contributed by atoms with E-state index >= 15 is 0 Å². The van der Waals surface area contributed by atoms with Crippen LogP contribution in [0.25, 0.3) is 10.9 Å². The predicted octanol–water partition coefficient (Wildman–Crippen LogP) is 4.70. The third-order valence-electron chi connectivity index (χ3n) is 6.79. The molecule has 2 aromatic rings. The van der Waals surface area contributed by atoms with Gasteiger partial charge in [0.15, 0.2) is 0 Å². The van der Waals surface area contributed by atoms with Gasteiger partial charge in [0.1, 0.15) is 5.75 Å². The van der Waals surface area contributed by atoms with Crippen LogP contribution in [0.15, 0.2) is 53.8 Å². The number of benzene rings is 1. The van der Waals surface area contributed by atoms with Gasteiger partial charge in [-0.2, -0.15) is 0 Å². The number of nitrogens with one attached hydrogen (secondary N) is 1. The van der Waals surface area contributed by atoms with Crippen molar-refractivity contribution in [3.8, 4) is 5.75 Å². The quantitative estimate of drug-likeness (QED) is 0.767. The summed E-state index contributed by atoms with van der Waals surface area (Å²) in [4.78, 5) is 5.85. The molecule has 0 atom stereocenters. The van der Waals surface area contributed by atoms with Crippen molar-refractivity contribution in [2.24, 2.45) is 5.41 Å². The number of allylic oxidation sites excluding steroid dienone is 1. The van der Waals surface area contributed by atoms with Crippen LogP contribution < -0.4 is 4.74 Å². The van der Waals surface area contributed by atoms with Crippen LogP contribution in [0.2, 0.25) is 0 Å². The maximum atomic E-state index is 6.07. The second kappa shape index (κ2) is 7.76. The number of hydrogen-bond acceptors (Lipinski definition) is 3. The lowest BCUT2D eigenvalue weighted by atomic mass is 9.68. The maximum Gasteiger partial charge on any atom is 0.128 e. The smallest absolute Gasteiger partial charge is 0.128 e. The van der Waals surface area contributed by atoms with Gasteiger partial charge in [0, 0.05) is 29.1 Å². The van der Waals surface area contributed by atoms with Gasteiger partial charge >= 0.3 is 0 Å². The Hall–Kier alpha value is -2.04. The summed E-state index contributed by atoms with van der Waals surface area (Å²) in [5.74, 6) is 0.987. The zero-order chi connectivity index (χ0) is 18.8. The molecule has 1 saturated heterocycles. The summed E-state index contributed by atoms with van der Waals surface area (Å²) in [5, 5.41) is 1.17. The van der Waals surface area contributed by atoms with E-state index in [9.17, 15) is 0 Å². The van der Waals surface area contributed by atoms with Gasteiger partial charge in [-0.25, -0.2) is 0 Å². The number of piperidine rings is 1. The number of H-pyrrole nitrogens is 1. The molecule has 4 heteroatoms. The molecule has 2 aliphatic heterocycles. The minimum atomic E-state index is 0.315. The summed E-state index contributed by atoms with van der Waals surface area (Å²) >= 11 is 0. The molecular formula is C24H30N2O2. The fraction of sp³-hybridized carbons (Fsp3) is 0.500. The molecule has 0 radical (unpaired) electrons. The Morgan fingerprint density at radius 2 is 2.11 bits per heavy atom. The molecule has 0 unspecified atom stereocenters. The largest absolute Gasteiger partial charge is 0.493 e. The number of fused-ring (bicyclic) bond motifs is 2. The molecule has 1 spiro atoms. The number of aromatic nitrogens is 1. The van der Waals surface area contributed by atoms with Crippen molar-refractivity contribution >= 4 is 10.9 Å². The Morgan fingerprint density at radius 3 is 3.04 bits per heavy atom. The van der Waals surface area contributed by atoms with E-state index in [1.807, 2.05) is 12.3 Å². The molecule has 0 saturated carbocycles. The molecule has 4 nitrogen and oxygen atoms in total. The number of nitrogens with zero attached hydrogens (tertiary/aromatic N) is 1. The molecule has 1 aliphatic carbocycles. The first-order valence-corrected chi connectivity index (χ1v) is 10.7. The van der Waals surface area contributed by atoms with Gasteiger partial charge < -0.3 is 19.4 Å². The first-order valence-electron chi connectivity index (χ1n) is 10.7. The Bertz CT molecular complexity index is 887. The minimum Gasteiger partial charge on any atom is -0.493 e. The normalized spacial score (nSPS) is 22.0. The Kier molecular flexibility index (Phi) is 5.00. The second-order valence-electron chi connectivity index (χ2n) is 8.46. The number of aromatic amines is 1. The van der Waals surface area contributed by atoms with Crippen molar-refractivity contribution in [2.75, 3.05) is 39.5 Å². The van der Waals surface area contributed by atoms with E-state index in [1.165, 1.54) is 49.7 Å². The van der Waals surface area contributed by atoms with Crippen molar-refractivity contribution in [3.05, 3.63) is 53.8 Å². The summed E-state index contributed by atoms with van der Waals surface area (Å²) in [7, 11) is 0. The van der Waals surface area contributed by atoms with Crippen LogP contribution in [-0.4, -0.2) is 49.3 Å². The van der Waals surface area contributed by atoms with Gasteiger partial charge in [-0.1, -0.05) is 23.8 Å². The highest BCUT2D eigenvalue weighted by Crippen LogP contribution is 2.46. The van der Waals surface area contributed by atoms with E-state index in [4.69, 9.17) is 9.47 Å². The monoisotopic (exact) mass is 378 g/mol. The van der Waals surface area contributed by atoms with Gasteiger partial charge in [-0.15, -0.1) is 0 Å². The van der Waals surface area contributed by atoms with E-state index in [2.05, 4.69) is 40.2 Å². The SMILES string of the molecule is C1=CC2=C(CC1)C1(CCN(CCCOc3cccc4[nH]ccc34)CC1)COC2. The van der Waals surface area contributed by atoms with Crippen molar-refractivity contribution in [2.45, 2.75) is 32.1 Å². The van der Waals surface area contributed by atoms with Crippen molar-refractivity contribution in [1.82, 2.24) is 9.88 Å². The van der Waals surface area contributed by atoms with Crippen LogP contribution in [0.4, 0.5) is 0 Å². The van der Waals surface area contributed by atoms with Crippen molar-refractivity contribution in [1.29, 1.82) is 0 Å². The Balaban J connectivity index is 1.12. The highest BCUT2D eigenvalue weighted by molar-refractivity contribution is 5.85. The topological polar surface area (TPSA) is 37.5 Å². The lowest BCUT2D eigenvalue weighted by Gasteiger charge is -2.47. The lowest BCUT2D eigenvalue weighted by molar-refractivity contribution is 0.0124. The van der Waals surface area contributed by atoms with Gasteiger partial charge in [-0.05, 0) is 69.0 Å². The zero-order valence-corrected chi connectivity index (χ0v) is 16.6. The summed E-state index contributed by atoms with van der Waals surface area (Å²) < 4.78 is 12.1. The molecule has 1 N–H and O–H groups in total. The molecule has 3 heterocycles. The maximum absolute atomic E-state index is 6.07. The Morgan fingerprint density at radius 1 is 1.18 bits per heavy atom. The molecule has 0 amide bonds. The van der Waals surface area contributed by atoms with Crippen LogP contribution in [0, 0.1) is 5.41 Å². The molecule has 5 rings (SSSR count). The standard InChI is InChI=1S/C24H30N2O2/c1-2-6-21-19(5-1)17-27-18-24(21)10-14-26(15-11-24)13-4-16-28-23-8-3-7-22-20(23)9-12-25-22/h1,3,5,7-9,12,25H,2,4,6,10-11,13-18H2. The third kappa shape index (κ3) is 3.40. The molecule has 148 valence electrons. The van der Waals surface area contributed by atoms with Crippen LogP contribution in [0.3, 0.4) is 0 Å². The fourth-order valence-electron chi connectivity index (χ4n) is 5.20. The highest BCUT2D eigenvalue weighted by Gasteiger charge is 2.41. The molecule has 3 aliphatic rings. The summed E-state index contributed by atoms with van der Waals surface area (Å²) in [6, 6.07) is 8.29. The minimum absolute atomic E-state index is 0.315. The first-order chi connectivity index (χ1) is 13.8. The molecule has 1 aromatic carbocycles. The Labute approximate surface area is 167 Å². The van der Waals surface area contributed by atoms with Gasteiger partial charge in [-0.3, -0.25) is 0 Å². The molecule has 1 fully saturated rings. The number of likely N-dealkylation sites (tertiary alicyclic amines) is 1. The second-order valence-corrected chi connectivity index (χ2v) is 8.46. The third-order valence-corrected chi connectivity index (χ3v) is 6.79. The average Bonchev–Trinajstić information content (AvgIpc) is 3.23. The van der Waals surface area contributed by atoms with Crippen LogP contribution >= 0.6 is 0 Å². The van der Waals surface area contributed by atoms with E-state index in [1.54, 1.807) is 5.57 Å². The molecule has 1 aromatic heterocycles. The predicted molar refractivity (Wildman–Crippen MR) is 113 cm³/mol. The summed E-state index contributed by atoms with van der Waals surface area (Å²) in [6.45, 7) is 6.00. The summed E-state index contributed by atoms with van der Waals surface area (Å²) in [6.07, 6.45) is 12.6. The summed E-state index contributed by atoms with van der Waals surface area (Å²) in [5.41, 5.74) is 4.64. The molecular weight excluding hydrogens is 348 g/mol.